The van der Waals surface area contributed by atoms with Crippen molar-refractivity contribution < 1.29 is 0 Å². The van der Waals surface area contributed by atoms with Crippen LogP contribution in [0.2, 0.25) is 0 Å². The van der Waals surface area contributed by atoms with E-state index in [1.807, 2.05) is 6.07 Å². The highest BCUT2D eigenvalue weighted by molar-refractivity contribution is 7.73. The molecule has 1 atom stereocenters. The average Bonchev–Trinajstić information content (AvgIpc) is 2.75. The molecule has 1 heterocycles. The van der Waals surface area contributed by atoms with Crippen molar-refractivity contribution in [2.75, 3.05) is 12.7 Å². The maximum Gasteiger partial charge on any atom is 0.265 e. The first-order chi connectivity index (χ1) is 13.7. The summed E-state index contributed by atoms with van der Waals surface area (Å²) in [6, 6.07) is 25.1. The number of halogens is 1. The zero-order valence-corrected chi connectivity index (χ0v) is 17.4. The third kappa shape index (κ3) is 4.22. The van der Waals surface area contributed by atoms with E-state index >= 15 is 0 Å². The molecule has 1 N–H and O–H groups in total. The molecule has 1 aliphatic carbocycles. The van der Waals surface area contributed by atoms with Crippen LogP contribution in [0.4, 0.5) is 0 Å². The van der Waals surface area contributed by atoms with Crippen molar-refractivity contribution in [1.82, 2.24) is 9.40 Å². The maximum atomic E-state index is 12.0. The van der Waals surface area contributed by atoms with E-state index in [0.29, 0.717) is 0 Å². The van der Waals surface area contributed by atoms with Gasteiger partial charge in [0.05, 0.1) is 5.69 Å². The van der Waals surface area contributed by atoms with Gasteiger partial charge in [0.1, 0.15) is 0 Å². The van der Waals surface area contributed by atoms with Crippen molar-refractivity contribution in [2.45, 2.75) is 25.3 Å². The van der Waals surface area contributed by atoms with Gasteiger partial charge >= 0.3 is 0 Å². The van der Waals surface area contributed by atoms with Gasteiger partial charge in [0.25, 0.3) is 5.56 Å². The van der Waals surface area contributed by atoms with Crippen LogP contribution in [0.5, 0.6) is 0 Å². The van der Waals surface area contributed by atoms with E-state index in [2.05, 4.69) is 66.0 Å². The van der Waals surface area contributed by atoms with Gasteiger partial charge in [-0.3, -0.25) is 4.79 Å². The first-order valence-corrected chi connectivity index (χ1v) is 11.6. The van der Waals surface area contributed by atoms with Gasteiger partial charge in [0.2, 0.25) is 0 Å². The first-order valence-electron chi connectivity index (χ1n) is 9.76. The molecule has 28 heavy (non-hydrogen) atoms. The van der Waals surface area contributed by atoms with Gasteiger partial charge in [-0.25, -0.2) is 4.09 Å². The van der Waals surface area contributed by atoms with Crippen LogP contribution in [0.1, 0.15) is 30.1 Å². The molecule has 3 aromatic rings. The van der Waals surface area contributed by atoms with Crippen molar-refractivity contribution in [2.24, 2.45) is 0 Å². The minimum Gasteiger partial charge on any atom is -0.308 e. The summed E-state index contributed by atoms with van der Waals surface area (Å²) in [5.41, 5.74) is 1.99. The normalized spacial score (nSPS) is 16.1. The lowest BCUT2D eigenvalue weighted by atomic mass is 9.92. The summed E-state index contributed by atoms with van der Waals surface area (Å²) in [5, 5.41) is 6.47. The summed E-state index contributed by atoms with van der Waals surface area (Å²) in [4.78, 5) is 12.0. The van der Waals surface area contributed by atoms with E-state index in [1.165, 1.54) is 20.3 Å². The van der Waals surface area contributed by atoms with Crippen LogP contribution in [0.15, 0.2) is 77.6 Å². The third-order valence-electron chi connectivity index (χ3n) is 5.29. The Kier molecular flexibility index (Phi) is 6.26. The van der Waals surface area contributed by atoms with Crippen LogP contribution in [0.3, 0.4) is 0 Å². The Morgan fingerprint density at radius 1 is 0.964 bits per heavy atom. The Morgan fingerprint density at radius 3 is 2.25 bits per heavy atom. The minimum atomic E-state index is -0.423. The quantitative estimate of drug-likeness (QED) is 0.624. The second-order valence-corrected chi connectivity index (χ2v) is 9.76. The lowest BCUT2D eigenvalue weighted by Gasteiger charge is -2.28. The number of hydrogen-bond donors (Lipinski definition) is 1. The van der Waals surface area contributed by atoms with Gasteiger partial charge < -0.3 is 5.32 Å². The van der Waals surface area contributed by atoms with Crippen LogP contribution >= 0.6 is 19.7 Å². The Labute approximate surface area is 172 Å². The number of aromatic nitrogens is 1. The van der Waals surface area contributed by atoms with Crippen LogP contribution in [-0.4, -0.2) is 16.8 Å². The van der Waals surface area contributed by atoms with E-state index in [-0.39, 0.29) is 11.6 Å². The molecule has 0 saturated carbocycles. The molecule has 1 aromatic heterocycles. The molecule has 144 valence electrons. The molecule has 0 radical (unpaired) electrons. The average molecular weight is 411 g/mol. The number of benzene rings is 2. The highest BCUT2D eigenvalue weighted by Gasteiger charge is 2.24. The summed E-state index contributed by atoms with van der Waals surface area (Å²) >= 11 is 6.31. The molecule has 0 bridgehead atoms. The highest BCUT2D eigenvalue weighted by Crippen LogP contribution is 2.34. The van der Waals surface area contributed by atoms with Crippen LogP contribution in [-0.2, 0) is 6.42 Å². The fraction of sp³-hybridized carbons (Fsp3) is 0.261. The fourth-order valence-corrected chi connectivity index (χ4v) is 6.46. The summed E-state index contributed by atoms with van der Waals surface area (Å²) < 4.78 is 1.31. The number of rotatable bonds is 6. The van der Waals surface area contributed by atoms with Gasteiger partial charge in [0, 0.05) is 30.4 Å². The molecule has 0 fully saturated rings. The Morgan fingerprint density at radius 2 is 1.61 bits per heavy atom. The van der Waals surface area contributed by atoms with Gasteiger partial charge in [-0.15, -0.1) is 0 Å². The molecule has 5 heteroatoms. The van der Waals surface area contributed by atoms with E-state index in [0.717, 1.165) is 37.7 Å². The lowest BCUT2D eigenvalue weighted by molar-refractivity contribution is 0.455. The highest BCUT2D eigenvalue weighted by atomic mass is 35.5. The zero-order chi connectivity index (χ0) is 19.3. The second-order valence-electron chi connectivity index (χ2n) is 7.08. The standard InChI is InChI=1S/C23H24ClN2OP/c24-26-22(27)15-14-18-8-7-13-21(23(18)26)25-16-17-28(19-9-3-1-4-10-19)20-11-5-2-6-12-20/h1-6,9-12,14-15,21,25H,7-8,13,16-17H2. The number of fused-ring (bicyclic) bond motifs is 1. The SMILES string of the molecule is O=c1ccc2c(n1Cl)C(NCCP(c1ccccc1)c1ccccc1)CCC2. The topological polar surface area (TPSA) is 34.0 Å². The Hall–Kier alpha value is -1.93. The van der Waals surface area contributed by atoms with Gasteiger partial charge in [0.15, 0.2) is 0 Å². The molecule has 2 aromatic carbocycles. The molecule has 0 aliphatic heterocycles. The summed E-state index contributed by atoms with van der Waals surface area (Å²) in [7, 11) is -0.423. The number of nitrogens with one attached hydrogen (secondary N) is 1. The zero-order valence-electron chi connectivity index (χ0n) is 15.7. The van der Waals surface area contributed by atoms with Gasteiger partial charge in [-0.1, -0.05) is 66.7 Å². The molecular weight excluding hydrogens is 387 g/mol. The van der Waals surface area contributed by atoms with E-state index in [4.69, 9.17) is 11.8 Å². The van der Waals surface area contributed by atoms with Crippen molar-refractivity contribution in [3.63, 3.8) is 0 Å². The monoisotopic (exact) mass is 410 g/mol. The minimum absolute atomic E-state index is 0.138. The van der Waals surface area contributed by atoms with Crippen LogP contribution in [0, 0.1) is 0 Å². The van der Waals surface area contributed by atoms with Gasteiger partial charge in [-0.2, -0.15) is 0 Å². The van der Waals surface area contributed by atoms with Crippen LogP contribution < -0.4 is 21.5 Å². The van der Waals surface area contributed by atoms with Crippen molar-refractivity contribution in [3.05, 3.63) is 94.4 Å². The molecular formula is C23H24ClN2OP. The predicted octanol–water partition coefficient (Wildman–Crippen LogP) is 3.95. The second kappa shape index (κ2) is 9.05. The summed E-state index contributed by atoms with van der Waals surface area (Å²) in [6.45, 7) is 0.888. The molecule has 1 unspecified atom stereocenters. The number of hydrogen-bond acceptors (Lipinski definition) is 2. The molecule has 0 saturated heterocycles. The van der Waals surface area contributed by atoms with Gasteiger partial charge in [-0.05, 0) is 49.5 Å². The van der Waals surface area contributed by atoms with Crippen molar-refractivity contribution in [3.8, 4) is 0 Å². The van der Waals surface area contributed by atoms with Crippen molar-refractivity contribution >= 4 is 30.3 Å². The van der Waals surface area contributed by atoms with E-state index < -0.39 is 7.92 Å². The van der Waals surface area contributed by atoms with Crippen molar-refractivity contribution in [1.29, 1.82) is 0 Å². The molecule has 0 amide bonds. The fourth-order valence-electron chi connectivity index (χ4n) is 3.95. The smallest absolute Gasteiger partial charge is 0.265 e. The van der Waals surface area contributed by atoms with E-state index in [1.54, 1.807) is 6.07 Å². The predicted molar refractivity (Wildman–Crippen MR) is 120 cm³/mol. The number of nitrogens with zero attached hydrogens (tertiary/aromatic N) is 1. The third-order valence-corrected chi connectivity index (χ3v) is 8.15. The summed E-state index contributed by atoms with van der Waals surface area (Å²) in [5.74, 6) is 0. The maximum absolute atomic E-state index is 12.0. The molecule has 0 spiro atoms. The largest absolute Gasteiger partial charge is 0.308 e. The molecule has 1 aliphatic rings. The molecule has 3 nitrogen and oxygen atoms in total. The first kappa shape index (κ1) is 19.4. The number of aryl methyl sites for hydroxylation is 1. The lowest BCUT2D eigenvalue weighted by Crippen LogP contribution is -2.33. The Bertz CT molecular complexity index is 935. The Balaban J connectivity index is 1.51. The number of pyridine rings is 1. The van der Waals surface area contributed by atoms with E-state index in [9.17, 15) is 4.79 Å². The van der Waals surface area contributed by atoms with Crippen LogP contribution in [0.25, 0.3) is 0 Å². The molecule has 4 rings (SSSR count). The summed E-state index contributed by atoms with van der Waals surface area (Å²) in [6.07, 6.45) is 4.17.